The lowest BCUT2D eigenvalue weighted by molar-refractivity contribution is -0.137. The molecule has 1 aliphatic rings. The van der Waals surface area contributed by atoms with Gasteiger partial charge in [-0.1, -0.05) is 18.2 Å². The number of carboxylic acids is 1. The molecule has 2 rings (SSSR count). The van der Waals surface area contributed by atoms with Crippen LogP contribution in [0.1, 0.15) is 19.3 Å². The predicted molar refractivity (Wildman–Crippen MR) is 76.4 cm³/mol. The summed E-state index contributed by atoms with van der Waals surface area (Å²) < 4.78 is 0. The summed E-state index contributed by atoms with van der Waals surface area (Å²) >= 11 is 1.99. The van der Waals surface area contributed by atoms with E-state index >= 15 is 0 Å². The van der Waals surface area contributed by atoms with Gasteiger partial charge in [0.1, 0.15) is 0 Å². The Morgan fingerprint density at radius 1 is 1.39 bits per heavy atom. The molecule has 1 saturated heterocycles. The number of rotatable bonds is 6. The zero-order valence-electron chi connectivity index (χ0n) is 10.4. The van der Waals surface area contributed by atoms with E-state index in [0.29, 0.717) is 12.5 Å². The first-order valence-electron chi connectivity index (χ1n) is 6.38. The van der Waals surface area contributed by atoms with Crippen LogP contribution in [0.25, 0.3) is 0 Å². The maximum absolute atomic E-state index is 10.6. The van der Waals surface area contributed by atoms with Gasteiger partial charge >= 0.3 is 5.97 Å². The zero-order chi connectivity index (χ0) is 12.8. The molecule has 1 N–H and O–H groups in total. The van der Waals surface area contributed by atoms with Gasteiger partial charge in [0.15, 0.2) is 0 Å². The van der Waals surface area contributed by atoms with Gasteiger partial charge in [-0.3, -0.25) is 4.79 Å². The number of carbonyl (C=O) groups is 1. The zero-order valence-corrected chi connectivity index (χ0v) is 11.2. The number of hydrogen-bond donors (Lipinski definition) is 1. The van der Waals surface area contributed by atoms with Crippen molar-refractivity contribution in [1.29, 1.82) is 0 Å². The van der Waals surface area contributed by atoms with E-state index < -0.39 is 5.97 Å². The minimum Gasteiger partial charge on any atom is -0.481 e. The van der Waals surface area contributed by atoms with Crippen LogP contribution in [0.4, 0.5) is 5.69 Å². The quantitative estimate of drug-likeness (QED) is 0.858. The van der Waals surface area contributed by atoms with E-state index in [0.717, 1.165) is 12.3 Å². The molecule has 0 aliphatic carbocycles. The van der Waals surface area contributed by atoms with Crippen LogP contribution in [0, 0.1) is 0 Å². The van der Waals surface area contributed by atoms with Gasteiger partial charge in [0.2, 0.25) is 0 Å². The van der Waals surface area contributed by atoms with Crippen molar-refractivity contribution >= 4 is 23.4 Å². The molecule has 1 fully saturated rings. The highest BCUT2D eigenvalue weighted by molar-refractivity contribution is 7.99. The molecule has 18 heavy (non-hydrogen) atoms. The lowest BCUT2D eigenvalue weighted by Gasteiger charge is -2.30. The Morgan fingerprint density at radius 3 is 2.78 bits per heavy atom. The molecule has 0 bridgehead atoms. The van der Waals surface area contributed by atoms with Gasteiger partial charge in [-0.25, -0.2) is 0 Å². The summed E-state index contributed by atoms with van der Waals surface area (Å²) in [6.07, 6.45) is 2.17. The second-order valence-corrected chi connectivity index (χ2v) is 5.69. The summed E-state index contributed by atoms with van der Waals surface area (Å²) in [5.41, 5.74) is 1.22. The van der Waals surface area contributed by atoms with E-state index in [2.05, 4.69) is 17.0 Å². The summed E-state index contributed by atoms with van der Waals surface area (Å²) in [5.74, 6) is 1.67. The molecule has 4 heteroatoms. The summed E-state index contributed by atoms with van der Waals surface area (Å²) in [4.78, 5) is 13.0. The first-order valence-corrected chi connectivity index (χ1v) is 7.54. The fourth-order valence-corrected chi connectivity index (χ4v) is 3.53. The average Bonchev–Trinajstić information content (AvgIpc) is 2.89. The van der Waals surface area contributed by atoms with E-state index in [4.69, 9.17) is 5.11 Å². The largest absolute Gasteiger partial charge is 0.481 e. The molecule has 3 nitrogen and oxygen atoms in total. The van der Waals surface area contributed by atoms with Crippen molar-refractivity contribution in [3.63, 3.8) is 0 Å². The SMILES string of the molecule is O=C(O)CCCN(c1ccccc1)C1CCSC1. The van der Waals surface area contributed by atoms with Crippen LogP contribution in [0.3, 0.4) is 0 Å². The lowest BCUT2D eigenvalue weighted by Crippen LogP contribution is -2.36. The van der Waals surface area contributed by atoms with Gasteiger partial charge in [-0.15, -0.1) is 0 Å². The van der Waals surface area contributed by atoms with Crippen molar-refractivity contribution < 1.29 is 9.90 Å². The molecule has 1 atom stereocenters. The Bertz CT molecular complexity index is 377. The third-order valence-electron chi connectivity index (χ3n) is 3.22. The maximum atomic E-state index is 10.6. The Labute approximate surface area is 112 Å². The third kappa shape index (κ3) is 3.67. The van der Waals surface area contributed by atoms with Crippen LogP contribution in [0.2, 0.25) is 0 Å². The first-order chi connectivity index (χ1) is 8.77. The molecule has 1 aliphatic heterocycles. The highest BCUT2D eigenvalue weighted by atomic mass is 32.2. The number of para-hydroxylation sites is 1. The molecular weight excluding hydrogens is 246 g/mol. The van der Waals surface area contributed by atoms with E-state index in [1.165, 1.54) is 17.9 Å². The van der Waals surface area contributed by atoms with E-state index in [1.807, 2.05) is 30.0 Å². The summed E-state index contributed by atoms with van der Waals surface area (Å²) in [6, 6.07) is 10.9. The van der Waals surface area contributed by atoms with Crippen LogP contribution in [0.5, 0.6) is 0 Å². The second kappa shape index (κ2) is 6.69. The number of thioether (sulfide) groups is 1. The van der Waals surface area contributed by atoms with Gasteiger partial charge in [0, 0.05) is 30.4 Å². The molecular formula is C14H19NO2S. The minimum absolute atomic E-state index is 0.253. The summed E-state index contributed by atoms with van der Waals surface area (Å²) in [7, 11) is 0. The molecule has 1 heterocycles. The smallest absolute Gasteiger partial charge is 0.303 e. The number of benzene rings is 1. The molecule has 0 spiro atoms. The Morgan fingerprint density at radius 2 is 2.17 bits per heavy atom. The van der Waals surface area contributed by atoms with Crippen LogP contribution in [0.15, 0.2) is 30.3 Å². The fraction of sp³-hybridized carbons (Fsp3) is 0.500. The Kier molecular flexibility index (Phi) is 4.93. The maximum Gasteiger partial charge on any atom is 0.303 e. The van der Waals surface area contributed by atoms with E-state index in [9.17, 15) is 4.79 Å². The van der Waals surface area contributed by atoms with E-state index in [-0.39, 0.29) is 6.42 Å². The Balaban J connectivity index is 2.00. The van der Waals surface area contributed by atoms with Gasteiger partial charge in [0.05, 0.1) is 0 Å². The van der Waals surface area contributed by atoms with Crippen molar-refractivity contribution in [1.82, 2.24) is 0 Å². The molecule has 0 amide bonds. The highest BCUT2D eigenvalue weighted by Gasteiger charge is 2.22. The predicted octanol–water partition coefficient (Wildman–Crippen LogP) is 2.86. The highest BCUT2D eigenvalue weighted by Crippen LogP contribution is 2.27. The van der Waals surface area contributed by atoms with Gasteiger partial charge < -0.3 is 10.0 Å². The molecule has 1 aromatic carbocycles. The molecule has 1 unspecified atom stereocenters. The van der Waals surface area contributed by atoms with Crippen molar-refractivity contribution in [2.45, 2.75) is 25.3 Å². The monoisotopic (exact) mass is 265 g/mol. The Hall–Kier alpha value is -1.16. The first kappa shape index (κ1) is 13.3. The second-order valence-electron chi connectivity index (χ2n) is 4.54. The van der Waals surface area contributed by atoms with Crippen molar-refractivity contribution in [3.05, 3.63) is 30.3 Å². The molecule has 0 saturated carbocycles. The standard InChI is InChI=1S/C14H19NO2S/c16-14(17)7-4-9-15(13-8-10-18-11-13)12-5-2-1-3-6-12/h1-3,5-6,13H,4,7-11H2,(H,16,17). The topological polar surface area (TPSA) is 40.5 Å². The van der Waals surface area contributed by atoms with Crippen molar-refractivity contribution in [3.8, 4) is 0 Å². The molecule has 0 radical (unpaired) electrons. The van der Waals surface area contributed by atoms with Crippen molar-refractivity contribution in [2.75, 3.05) is 23.0 Å². The number of carboxylic acid groups (broad SMARTS) is 1. The minimum atomic E-state index is -0.705. The molecule has 1 aromatic rings. The lowest BCUT2D eigenvalue weighted by atomic mass is 10.1. The summed E-state index contributed by atoms with van der Waals surface area (Å²) in [6.45, 7) is 0.835. The van der Waals surface area contributed by atoms with Crippen LogP contribution in [-0.2, 0) is 4.79 Å². The number of hydrogen-bond acceptors (Lipinski definition) is 3. The van der Waals surface area contributed by atoms with Gasteiger partial charge in [-0.2, -0.15) is 11.8 Å². The number of aliphatic carboxylic acids is 1. The summed E-state index contributed by atoms with van der Waals surface area (Å²) in [5, 5.41) is 8.74. The van der Waals surface area contributed by atoms with Crippen molar-refractivity contribution in [2.24, 2.45) is 0 Å². The van der Waals surface area contributed by atoms with Crippen LogP contribution in [-0.4, -0.2) is 35.2 Å². The van der Waals surface area contributed by atoms with Gasteiger partial charge in [-0.05, 0) is 30.7 Å². The number of nitrogens with zero attached hydrogens (tertiary/aromatic N) is 1. The average molecular weight is 265 g/mol. The van der Waals surface area contributed by atoms with E-state index in [1.54, 1.807) is 0 Å². The fourth-order valence-electron chi connectivity index (χ4n) is 2.31. The van der Waals surface area contributed by atoms with Crippen LogP contribution >= 0.6 is 11.8 Å². The normalized spacial score (nSPS) is 18.8. The van der Waals surface area contributed by atoms with Gasteiger partial charge in [0.25, 0.3) is 0 Å². The molecule has 98 valence electrons. The van der Waals surface area contributed by atoms with Crippen LogP contribution < -0.4 is 4.90 Å². The molecule has 0 aromatic heterocycles. The third-order valence-corrected chi connectivity index (χ3v) is 4.37. The number of anilines is 1.